The zero-order chi connectivity index (χ0) is 24.2. The van der Waals surface area contributed by atoms with E-state index in [1.807, 2.05) is 6.92 Å². The van der Waals surface area contributed by atoms with Gasteiger partial charge in [0.1, 0.15) is 0 Å². The Morgan fingerprint density at radius 2 is 1.27 bits per heavy atom. The monoisotopic (exact) mass is 452 g/mol. The maximum Gasteiger partial charge on any atom is 0.411 e. The summed E-state index contributed by atoms with van der Waals surface area (Å²) in [7, 11) is 0. The zero-order valence-corrected chi connectivity index (χ0v) is 18.5. The molecule has 0 saturated heterocycles. The molecule has 2 amide bonds. The molecule has 2 aromatic rings. The van der Waals surface area contributed by atoms with Gasteiger partial charge in [-0.1, -0.05) is 19.1 Å². The summed E-state index contributed by atoms with van der Waals surface area (Å²) in [5, 5.41) is 5.12. The number of benzene rings is 2. The zero-order valence-electron chi connectivity index (χ0n) is 18.5. The van der Waals surface area contributed by atoms with Gasteiger partial charge in [-0.25, -0.2) is 19.2 Å². The molecule has 0 aliphatic heterocycles. The normalized spacial score (nSPS) is 10.8. The minimum absolute atomic E-state index is 0.0313. The van der Waals surface area contributed by atoms with Crippen LogP contribution in [0.25, 0.3) is 0 Å². The Morgan fingerprint density at radius 1 is 0.848 bits per heavy atom. The molecule has 0 aliphatic rings. The van der Waals surface area contributed by atoms with Crippen LogP contribution in [0.3, 0.4) is 0 Å². The second-order valence-electron chi connectivity index (χ2n) is 7.13. The molecule has 0 atom stereocenters. The van der Waals surface area contributed by atoms with Crippen LogP contribution in [0, 0.1) is 19.8 Å². The number of anilines is 2. The number of nitrogens with zero attached hydrogens (tertiary/aromatic N) is 2. The van der Waals surface area contributed by atoms with E-state index in [1.165, 1.54) is 24.3 Å². The standard InChI is InChI=1S/C23H24N4O6/c1-4-17(11-32-22(30)26-18-7-5-15(2)20(9-18)24-13-28)12-33-23(31)27-19-8-6-16(3)21(10-19)25-14-29/h5-10,17H,4,11-12H2,1-3H3,(H,26,30)(H,27,31). The molecule has 10 nitrogen and oxygen atoms in total. The number of isocyanates is 2. The number of hydrogen-bond donors (Lipinski definition) is 2. The molecule has 33 heavy (non-hydrogen) atoms. The van der Waals surface area contributed by atoms with E-state index in [2.05, 4.69) is 20.6 Å². The van der Waals surface area contributed by atoms with E-state index in [-0.39, 0.29) is 19.1 Å². The van der Waals surface area contributed by atoms with Gasteiger partial charge in [0.2, 0.25) is 12.2 Å². The van der Waals surface area contributed by atoms with Gasteiger partial charge in [0.05, 0.1) is 24.6 Å². The van der Waals surface area contributed by atoms with Crippen molar-refractivity contribution in [1.29, 1.82) is 0 Å². The van der Waals surface area contributed by atoms with E-state index in [9.17, 15) is 19.2 Å². The third kappa shape index (κ3) is 8.06. The molecule has 10 heteroatoms. The molecule has 0 aliphatic carbocycles. The Kier molecular flexibility index (Phi) is 9.52. The quantitative estimate of drug-likeness (QED) is 0.403. The highest BCUT2D eigenvalue weighted by Crippen LogP contribution is 2.24. The van der Waals surface area contributed by atoms with Gasteiger partial charge in [-0.3, -0.25) is 10.6 Å². The SMILES string of the molecule is CCC(COC(=O)Nc1ccc(C)c(N=C=O)c1)COC(=O)Nc1ccc(C)c(N=C=O)c1. The van der Waals surface area contributed by atoms with Crippen LogP contribution in [0.15, 0.2) is 46.4 Å². The number of nitrogens with one attached hydrogen (secondary N) is 2. The summed E-state index contributed by atoms with van der Waals surface area (Å²) in [6.07, 6.45) is 2.16. The second kappa shape index (κ2) is 12.6. The lowest BCUT2D eigenvalue weighted by atomic mass is 10.1. The van der Waals surface area contributed by atoms with E-state index >= 15 is 0 Å². The lowest BCUT2D eigenvalue weighted by molar-refractivity contribution is 0.0963. The van der Waals surface area contributed by atoms with Crippen LogP contribution in [0.1, 0.15) is 24.5 Å². The van der Waals surface area contributed by atoms with Crippen LogP contribution < -0.4 is 10.6 Å². The van der Waals surface area contributed by atoms with Crippen LogP contribution in [0.4, 0.5) is 32.3 Å². The lowest BCUT2D eigenvalue weighted by Crippen LogP contribution is -2.24. The van der Waals surface area contributed by atoms with Crippen molar-refractivity contribution in [2.45, 2.75) is 27.2 Å². The molecule has 2 N–H and O–H groups in total. The van der Waals surface area contributed by atoms with Crippen LogP contribution in [-0.2, 0) is 19.1 Å². The van der Waals surface area contributed by atoms with Crippen LogP contribution in [0.2, 0.25) is 0 Å². The molecule has 2 aromatic carbocycles. The average molecular weight is 452 g/mol. The topological polar surface area (TPSA) is 136 Å². The number of carbonyl (C=O) groups is 2. The first kappa shape index (κ1) is 25.0. The van der Waals surface area contributed by atoms with E-state index in [0.29, 0.717) is 29.2 Å². The molecule has 0 aromatic heterocycles. The van der Waals surface area contributed by atoms with Crippen LogP contribution >= 0.6 is 0 Å². The van der Waals surface area contributed by atoms with Gasteiger partial charge < -0.3 is 9.47 Å². The predicted molar refractivity (Wildman–Crippen MR) is 122 cm³/mol. The smallest absolute Gasteiger partial charge is 0.411 e. The molecule has 0 bridgehead atoms. The van der Waals surface area contributed by atoms with Crippen molar-refractivity contribution in [3.8, 4) is 0 Å². The van der Waals surface area contributed by atoms with Crippen molar-refractivity contribution in [2.24, 2.45) is 15.9 Å². The van der Waals surface area contributed by atoms with Crippen molar-refractivity contribution in [3.05, 3.63) is 47.5 Å². The third-order valence-corrected chi connectivity index (χ3v) is 4.72. The number of amides is 2. The molecular weight excluding hydrogens is 428 g/mol. The molecule has 0 radical (unpaired) electrons. The van der Waals surface area contributed by atoms with Crippen molar-refractivity contribution in [2.75, 3.05) is 23.8 Å². The number of aliphatic imine (C=N–C) groups is 2. The molecule has 0 spiro atoms. The van der Waals surface area contributed by atoms with Crippen molar-refractivity contribution < 1.29 is 28.7 Å². The number of rotatable bonds is 9. The summed E-state index contributed by atoms with van der Waals surface area (Å²) >= 11 is 0. The van der Waals surface area contributed by atoms with Gasteiger partial charge in [0, 0.05) is 17.3 Å². The summed E-state index contributed by atoms with van der Waals surface area (Å²) in [4.78, 5) is 52.3. The van der Waals surface area contributed by atoms with E-state index < -0.39 is 12.2 Å². The van der Waals surface area contributed by atoms with E-state index in [4.69, 9.17) is 9.47 Å². The highest BCUT2D eigenvalue weighted by Gasteiger charge is 2.14. The Morgan fingerprint density at radius 3 is 1.64 bits per heavy atom. The molecule has 0 fully saturated rings. The Balaban J connectivity index is 1.83. The van der Waals surface area contributed by atoms with Gasteiger partial charge in [0.15, 0.2) is 0 Å². The van der Waals surface area contributed by atoms with Gasteiger partial charge in [-0.15, -0.1) is 0 Å². The Bertz CT molecular complexity index is 1020. The van der Waals surface area contributed by atoms with Crippen molar-refractivity contribution >= 4 is 47.1 Å². The lowest BCUT2D eigenvalue weighted by Gasteiger charge is -2.16. The molecule has 172 valence electrons. The number of aryl methyl sites for hydroxylation is 2. The minimum atomic E-state index is -0.689. The van der Waals surface area contributed by atoms with Gasteiger partial charge in [0.25, 0.3) is 0 Å². The summed E-state index contributed by atoms with van der Waals surface area (Å²) in [5.41, 5.74) is 3.15. The summed E-state index contributed by atoms with van der Waals surface area (Å²) in [5.74, 6) is -0.219. The van der Waals surface area contributed by atoms with Crippen molar-refractivity contribution in [3.63, 3.8) is 0 Å². The molecule has 0 saturated carbocycles. The number of ether oxygens (including phenoxy) is 2. The van der Waals surface area contributed by atoms with Crippen molar-refractivity contribution in [1.82, 2.24) is 0 Å². The molecular formula is C23H24N4O6. The Hall–Kier alpha value is -4.26. The van der Waals surface area contributed by atoms with Gasteiger partial charge >= 0.3 is 12.2 Å². The first-order chi connectivity index (χ1) is 15.9. The van der Waals surface area contributed by atoms with Gasteiger partial charge in [-0.2, -0.15) is 9.98 Å². The molecule has 0 heterocycles. The average Bonchev–Trinajstić information content (AvgIpc) is 2.79. The molecule has 0 unspecified atom stereocenters. The highest BCUT2D eigenvalue weighted by atomic mass is 16.6. The number of carbonyl (C=O) groups excluding carboxylic acids is 4. The highest BCUT2D eigenvalue weighted by molar-refractivity contribution is 5.86. The minimum Gasteiger partial charge on any atom is -0.449 e. The number of hydrogen-bond acceptors (Lipinski definition) is 8. The Labute approximate surface area is 190 Å². The second-order valence-corrected chi connectivity index (χ2v) is 7.13. The molecule has 2 rings (SSSR count). The fourth-order valence-electron chi connectivity index (χ4n) is 2.69. The largest absolute Gasteiger partial charge is 0.449 e. The first-order valence-electron chi connectivity index (χ1n) is 10.1. The third-order valence-electron chi connectivity index (χ3n) is 4.72. The fourth-order valence-corrected chi connectivity index (χ4v) is 2.69. The summed E-state index contributed by atoms with van der Waals surface area (Å²) < 4.78 is 10.4. The van der Waals surface area contributed by atoms with E-state index in [1.54, 1.807) is 38.1 Å². The summed E-state index contributed by atoms with van der Waals surface area (Å²) in [6.45, 7) is 5.49. The summed E-state index contributed by atoms with van der Waals surface area (Å²) in [6, 6.07) is 9.78. The predicted octanol–water partition coefficient (Wildman–Crippen LogP) is 5.06. The maximum absolute atomic E-state index is 12.1. The van der Waals surface area contributed by atoms with Crippen LogP contribution in [-0.4, -0.2) is 37.6 Å². The fraction of sp³-hybridized carbons (Fsp3) is 0.304. The first-order valence-corrected chi connectivity index (χ1v) is 10.1. The van der Waals surface area contributed by atoms with E-state index in [0.717, 1.165) is 11.1 Å². The maximum atomic E-state index is 12.1. The van der Waals surface area contributed by atoms with Crippen LogP contribution in [0.5, 0.6) is 0 Å². The van der Waals surface area contributed by atoms with Gasteiger partial charge in [-0.05, 0) is 55.7 Å².